The fraction of sp³-hybridized carbons (Fsp3) is 0.381. The molecule has 0 unspecified atom stereocenters. The molecule has 0 radical (unpaired) electrons. The molecule has 0 aliphatic carbocycles. The lowest BCUT2D eigenvalue weighted by Gasteiger charge is -2.18. The predicted octanol–water partition coefficient (Wildman–Crippen LogP) is 3.53. The summed E-state index contributed by atoms with van der Waals surface area (Å²) in [7, 11) is 0. The number of hydrogen-bond donors (Lipinski definition) is 1. The van der Waals surface area contributed by atoms with Crippen molar-refractivity contribution < 1.29 is 14.3 Å². The Bertz CT molecular complexity index is 725. The lowest BCUT2D eigenvalue weighted by Crippen LogP contribution is -2.28. The molecule has 3 rings (SSSR count). The van der Waals surface area contributed by atoms with Gasteiger partial charge in [0.15, 0.2) is 11.5 Å². The summed E-state index contributed by atoms with van der Waals surface area (Å²) in [4.78, 5) is 11.9. The molecule has 1 aliphatic heterocycles. The Kier molecular flexibility index (Phi) is 5.27. The molecule has 0 saturated carbocycles. The standard InChI is InChI=1S/C21H25NO3/c1-21(2)15-17-9-6-10-18(20(17)25-21)24-14-13-22-19(23)12-11-16-7-4-3-5-8-16/h3-10H,11-15H2,1-2H3,(H,22,23). The predicted molar refractivity (Wildman–Crippen MR) is 98.1 cm³/mol. The maximum Gasteiger partial charge on any atom is 0.220 e. The van der Waals surface area contributed by atoms with Crippen LogP contribution in [-0.2, 0) is 17.6 Å². The third kappa shape index (κ3) is 4.75. The van der Waals surface area contributed by atoms with Gasteiger partial charge in [0.25, 0.3) is 0 Å². The Hall–Kier alpha value is -2.49. The average molecular weight is 339 g/mol. The van der Waals surface area contributed by atoms with Crippen LogP contribution in [0, 0.1) is 0 Å². The molecule has 1 heterocycles. The third-order valence-corrected chi connectivity index (χ3v) is 4.22. The van der Waals surface area contributed by atoms with E-state index < -0.39 is 0 Å². The van der Waals surface area contributed by atoms with Crippen LogP contribution in [0.2, 0.25) is 0 Å². The molecule has 4 nitrogen and oxygen atoms in total. The number of hydrogen-bond acceptors (Lipinski definition) is 3. The molecular formula is C21H25NO3. The maximum atomic E-state index is 11.9. The molecule has 132 valence electrons. The van der Waals surface area contributed by atoms with Gasteiger partial charge in [-0.25, -0.2) is 0 Å². The zero-order chi connectivity index (χ0) is 17.7. The van der Waals surface area contributed by atoms with E-state index in [4.69, 9.17) is 9.47 Å². The maximum absolute atomic E-state index is 11.9. The summed E-state index contributed by atoms with van der Waals surface area (Å²) in [6.45, 7) is 5.06. The van der Waals surface area contributed by atoms with Gasteiger partial charge < -0.3 is 14.8 Å². The summed E-state index contributed by atoms with van der Waals surface area (Å²) < 4.78 is 11.8. The number of rotatable bonds is 7. The van der Waals surface area contributed by atoms with Gasteiger partial charge in [0, 0.05) is 18.4 Å². The zero-order valence-corrected chi connectivity index (χ0v) is 14.9. The molecule has 0 atom stereocenters. The minimum absolute atomic E-state index is 0.0446. The summed E-state index contributed by atoms with van der Waals surface area (Å²) in [6.07, 6.45) is 2.13. The Morgan fingerprint density at radius 1 is 1.16 bits per heavy atom. The molecule has 0 saturated heterocycles. The number of fused-ring (bicyclic) bond motifs is 1. The largest absolute Gasteiger partial charge is 0.488 e. The second-order valence-electron chi connectivity index (χ2n) is 6.97. The van der Waals surface area contributed by atoms with E-state index in [1.807, 2.05) is 42.5 Å². The first-order valence-corrected chi connectivity index (χ1v) is 8.78. The molecule has 2 aromatic carbocycles. The van der Waals surface area contributed by atoms with E-state index in [1.54, 1.807) is 0 Å². The topological polar surface area (TPSA) is 47.6 Å². The van der Waals surface area contributed by atoms with Gasteiger partial charge in [0.2, 0.25) is 5.91 Å². The Morgan fingerprint density at radius 2 is 1.96 bits per heavy atom. The Balaban J connectivity index is 1.41. The second kappa shape index (κ2) is 7.60. The highest BCUT2D eigenvalue weighted by atomic mass is 16.5. The molecule has 2 aromatic rings. The number of carbonyl (C=O) groups is 1. The zero-order valence-electron chi connectivity index (χ0n) is 14.9. The number of benzene rings is 2. The average Bonchev–Trinajstić information content (AvgIpc) is 2.92. The molecule has 0 spiro atoms. The van der Waals surface area contributed by atoms with Gasteiger partial charge >= 0.3 is 0 Å². The van der Waals surface area contributed by atoms with Crippen molar-refractivity contribution in [3.8, 4) is 11.5 Å². The van der Waals surface area contributed by atoms with Crippen LogP contribution < -0.4 is 14.8 Å². The van der Waals surface area contributed by atoms with Crippen molar-refractivity contribution >= 4 is 5.91 Å². The smallest absolute Gasteiger partial charge is 0.220 e. The summed E-state index contributed by atoms with van der Waals surface area (Å²) >= 11 is 0. The highest BCUT2D eigenvalue weighted by Gasteiger charge is 2.32. The van der Waals surface area contributed by atoms with Crippen LogP contribution in [0.1, 0.15) is 31.4 Å². The third-order valence-electron chi connectivity index (χ3n) is 4.22. The summed E-state index contributed by atoms with van der Waals surface area (Å²) in [5, 5.41) is 2.90. The highest BCUT2D eigenvalue weighted by Crippen LogP contribution is 2.41. The van der Waals surface area contributed by atoms with Crippen molar-refractivity contribution in [3.63, 3.8) is 0 Å². The van der Waals surface area contributed by atoms with Crippen molar-refractivity contribution in [3.05, 3.63) is 59.7 Å². The van der Waals surface area contributed by atoms with Crippen LogP contribution in [0.25, 0.3) is 0 Å². The minimum Gasteiger partial charge on any atom is -0.488 e. The number of ether oxygens (including phenoxy) is 2. The van der Waals surface area contributed by atoms with Crippen molar-refractivity contribution in [2.75, 3.05) is 13.2 Å². The summed E-state index contributed by atoms with van der Waals surface area (Å²) in [5.74, 6) is 1.63. The number of aryl methyl sites for hydroxylation is 1. The van der Waals surface area contributed by atoms with E-state index in [0.29, 0.717) is 19.6 Å². The molecule has 1 aliphatic rings. The van der Waals surface area contributed by atoms with Crippen LogP contribution in [0.5, 0.6) is 11.5 Å². The molecule has 1 amide bonds. The number of nitrogens with one attached hydrogen (secondary N) is 1. The van der Waals surface area contributed by atoms with Crippen LogP contribution in [0.15, 0.2) is 48.5 Å². The molecule has 4 heteroatoms. The lowest BCUT2D eigenvalue weighted by molar-refractivity contribution is -0.121. The fourth-order valence-electron chi connectivity index (χ4n) is 3.04. The van der Waals surface area contributed by atoms with Crippen LogP contribution >= 0.6 is 0 Å². The van der Waals surface area contributed by atoms with Crippen molar-refractivity contribution in [2.24, 2.45) is 0 Å². The summed E-state index contributed by atoms with van der Waals surface area (Å²) in [6, 6.07) is 16.0. The first-order chi connectivity index (χ1) is 12.0. The molecular weight excluding hydrogens is 314 g/mol. The van der Waals surface area contributed by atoms with Crippen molar-refractivity contribution in [2.45, 2.75) is 38.7 Å². The van der Waals surface area contributed by atoms with Gasteiger partial charge in [-0.05, 0) is 31.9 Å². The van der Waals surface area contributed by atoms with Crippen LogP contribution in [0.4, 0.5) is 0 Å². The second-order valence-corrected chi connectivity index (χ2v) is 6.97. The van der Waals surface area contributed by atoms with Crippen LogP contribution in [0.3, 0.4) is 0 Å². The van der Waals surface area contributed by atoms with Gasteiger partial charge in [-0.3, -0.25) is 4.79 Å². The molecule has 1 N–H and O–H groups in total. The molecule has 0 aromatic heterocycles. The van der Waals surface area contributed by atoms with E-state index in [-0.39, 0.29) is 11.5 Å². The van der Waals surface area contributed by atoms with Crippen molar-refractivity contribution in [1.29, 1.82) is 0 Å². The fourth-order valence-corrected chi connectivity index (χ4v) is 3.04. The van der Waals surface area contributed by atoms with E-state index in [2.05, 4.69) is 25.2 Å². The highest BCUT2D eigenvalue weighted by molar-refractivity contribution is 5.76. The van der Waals surface area contributed by atoms with Gasteiger partial charge in [-0.2, -0.15) is 0 Å². The van der Waals surface area contributed by atoms with Gasteiger partial charge in [-0.1, -0.05) is 42.5 Å². The molecule has 0 bridgehead atoms. The molecule has 25 heavy (non-hydrogen) atoms. The minimum atomic E-state index is -0.187. The summed E-state index contributed by atoms with van der Waals surface area (Å²) in [5.41, 5.74) is 2.16. The van der Waals surface area contributed by atoms with Crippen molar-refractivity contribution in [1.82, 2.24) is 5.32 Å². The van der Waals surface area contributed by atoms with Gasteiger partial charge in [-0.15, -0.1) is 0 Å². The quantitative estimate of drug-likeness (QED) is 0.785. The lowest BCUT2D eigenvalue weighted by atomic mass is 10.0. The van der Waals surface area contributed by atoms with Gasteiger partial charge in [0.1, 0.15) is 12.2 Å². The number of amides is 1. The first-order valence-electron chi connectivity index (χ1n) is 8.78. The van der Waals surface area contributed by atoms with E-state index in [9.17, 15) is 4.79 Å². The Labute approximate surface area is 149 Å². The number of carbonyl (C=O) groups excluding carboxylic acids is 1. The van der Waals surface area contributed by atoms with E-state index in [0.717, 1.165) is 24.3 Å². The normalized spacial score (nSPS) is 14.5. The first kappa shape index (κ1) is 17.3. The Morgan fingerprint density at radius 3 is 2.76 bits per heavy atom. The monoisotopic (exact) mass is 339 g/mol. The van der Waals surface area contributed by atoms with Gasteiger partial charge in [0.05, 0.1) is 6.54 Å². The van der Waals surface area contributed by atoms with E-state index >= 15 is 0 Å². The molecule has 0 fully saturated rings. The SMILES string of the molecule is CC1(C)Cc2cccc(OCCNC(=O)CCc3ccccc3)c2O1. The van der Waals surface area contributed by atoms with Crippen LogP contribution in [-0.4, -0.2) is 24.7 Å². The number of para-hydroxylation sites is 1. The van der Waals surface area contributed by atoms with E-state index in [1.165, 1.54) is 11.1 Å².